The largest absolute Gasteiger partial charge is 0.465 e. The lowest BCUT2D eigenvalue weighted by molar-refractivity contribution is -0.159. The Balaban J connectivity index is -0.00000213. The number of hydrogen-bond acceptors (Lipinski definition) is 5. The van der Waals surface area contributed by atoms with Gasteiger partial charge in [0, 0.05) is 19.3 Å². The maximum atomic E-state index is 13.6. The first-order valence-corrected chi connectivity index (χ1v) is 14.9. The molecule has 0 bridgehead atoms. The zero-order chi connectivity index (χ0) is 31.6. The van der Waals surface area contributed by atoms with Gasteiger partial charge in [0.2, 0.25) is 0 Å². The van der Waals surface area contributed by atoms with Crippen LogP contribution in [-0.4, -0.2) is 45.9 Å². The van der Waals surface area contributed by atoms with Crippen LogP contribution < -0.4 is 0 Å². The second-order valence-electron chi connectivity index (χ2n) is 8.31. The van der Waals surface area contributed by atoms with Crippen LogP contribution in [0.3, 0.4) is 0 Å². The lowest BCUT2D eigenvalue weighted by atomic mass is 9.78. The number of imidazole rings is 1. The summed E-state index contributed by atoms with van der Waals surface area (Å²) in [7, 11) is 0. The molecule has 0 spiro atoms. The molecule has 1 aromatic heterocycles. The van der Waals surface area contributed by atoms with Gasteiger partial charge >= 0.3 is 5.97 Å². The molecule has 1 aromatic rings. The molecule has 0 amide bonds. The number of ether oxygens (including phenoxy) is 1. The quantitative estimate of drug-likeness (QED) is 0.123. The number of rotatable bonds is 15. The highest BCUT2D eigenvalue weighted by atomic mass is 16.5. The summed E-state index contributed by atoms with van der Waals surface area (Å²) in [5.41, 5.74) is 1.76. The van der Waals surface area contributed by atoms with Crippen molar-refractivity contribution < 1.29 is 14.3 Å². The topological polar surface area (TPSA) is 64.4 Å². The highest BCUT2D eigenvalue weighted by Gasteiger charge is 2.43. The average Bonchev–Trinajstić information content (AvgIpc) is 3.41. The Hall–Kier alpha value is -2.99. The fourth-order valence-electron chi connectivity index (χ4n) is 3.68. The SMILES string of the molecule is C=C/C=C(\C=C/C)CC(C)(C(=O)CN(CC)Cc1cncn1CC(/C=C\C)=C/C)C(=O)OCC.CC.CC.CC. The maximum absolute atomic E-state index is 13.6. The maximum Gasteiger partial charge on any atom is 0.319 e. The van der Waals surface area contributed by atoms with Crippen LogP contribution in [0, 0.1) is 5.41 Å². The van der Waals surface area contributed by atoms with Gasteiger partial charge in [-0.05, 0) is 58.7 Å². The van der Waals surface area contributed by atoms with Crippen molar-refractivity contribution in [1.29, 1.82) is 0 Å². The van der Waals surface area contributed by atoms with Crippen LogP contribution >= 0.6 is 0 Å². The Bertz CT molecular complexity index is 938. The van der Waals surface area contributed by atoms with Crippen LogP contribution in [0.15, 0.2) is 72.8 Å². The highest BCUT2D eigenvalue weighted by molar-refractivity contribution is 6.04. The van der Waals surface area contributed by atoms with Gasteiger partial charge in [0.05, 0.1) is 25.2 Å². The number of allylic oxidation sites excluding steroid dienone is 9. The van der Waals surface area contributed by atoms with Crippen molar-refractivity contribution in [3.05, 3.63) is 78.5 Å². The standard InChI is InChI=1S/C28H41N3O3.3C2H6/c1-8-14-23(11-4)19-31-22-29-18-25(31)20-30(12-5)21-26(32)28(7,27(33)34-13-6)17-24(15-9-2)16-10-3;3*1-2/h8-11,14-16,18,22H,2,12-13,17,19-21H2,1,3-7H3;3*1-2H3/b14-8-,16-10-,23-11+,24-15+;;;. The third-order valence-electron chi connectivity index (χ3n) is 5.71. The molecule has 0 aliphatic heterocycles. The van der Waals surface area contributed by atoms with E-state index in [1.807, 2.05) is 111 Å². The predicted molar refractivity (Wildman–Crippen MR) is 173 cm³/mol. The first-order valence-electron chi connectivity index (χ1n) is 14.9. The summed E-state index contributed by atoms with van der Waals surface area (Å²) in [6.45, 7) is 29.4. The molecule has 0 radical (unpaired) electrons. The minimum Gasteiger partial charge on any atom is -0.465 e. The zero-order valence-electron chi connectivity index (χ0n) is 27.7. The van der Waals surface area contributed by atoms with Crippen molar-refractivity contribution in [2.75, 3.05) is 19.7 Å². The third-order valence-corrected chi connectivity index (χ3v) is 5.71. The fraction of sp³-hybridized carbons (Fsp3) is 0.559. The molecule has 0 N–H and O–H groups in total. The number of likely N-dealkylation sites (N-methyl/N-ethyl adjacent to an activating group) is 1. The minimum atomic E-state index is -1.29. The summed E-state index contributed by atoms with van der Waals surface area (Å²) in [4.78, 5) is 32.9. The third kappa shape index (κ3) is 15.0. The molecular formula is C34H59N3O3. The molecule has 0 fully saturated rings. The smallest absolute Gasteiger partial charge is 0.319 e. The molecular weight excluding hydrogens is 498 g/mol. The van der Waals surface area contributed by atoms with Crippen LogP contribution in [0.4, 0.5) is 0 Å². The van der Waals surface area contributed by atoms with E-state index in [-0.39, 0.29) is 25.4 Å². The lowest BCUT2D eigenvalue weighted by Gasteiger charge is -2.29. The molecule has 6 heteroatoms. The van der Waals surface area contributed by atoms with Crippen molar-refractivity contribution in [3.8, 4) is 0 Å². The van der Waals surface area contributed by atoms with Gasteiger partial charge in [-0.2, -0.15) is 0 Å². The molecule has 0 saturated heterocycles. The van der Waals surface area contributed by atoms with E-state index in [0.717, 1.165) is 11.3 Å². The summed E-state index contributed by atoms with van der Waals surface area (Å²) in [5, 5.41) is 0. The molecule has 0 aliphatic carbocycles. The molecule has 0 saturated carbocycles. The van der Waals surface area contributed by atoms with Crippen LogP contribution in [0.2, 0.25) is 0 Å². The van der Waals surface area contributed by atoms with Crippen molar-refractivity contribution in [3.63, 3.8) is 0 Å². The summed E-state index contributed by atoms with van der Waals surface area (Å²) >= 11 is 0. The first-order chi connectivity index (χ1) is 19.3. The van der Waals surface area contributed by atoms with Crippen molar-refractivity contribution in [2.45, 2.75) is 103 Å². The summed E-state index contributed by atoms with van der Waals surface area (Å²) < 4.78 is 7.41. The molecule has 40 heavy (non-hydrogen) atoms. The number of carbonyl (C=O) groups is 2. The fourth-order valence-corrected chi connectivity index (χ4v) is 3.68. The van der Waals surface area contributed by atoms with Gasteiger partial charge in [0.25, 0.3) is 0 Å². The van der Waals surface area contributed by atoms with Gasteiger partial charge in [-0.25, -0.2) is 4.98 Å². The van der Waals surface area contributed by atoms with Gasteiger partial charge in [0.1, 0.15) is 5.41 Å². The molecule has 1 unspecified atom stereocenters. The molecule has 6 nitrogen and oxygen atoms in total. The molecule has 0 aliphatic rings. The van der Waals surface area contributed by atoms with Gasteiger partial charge in [0.15, 0.2) is 5.78 Å². The Morgan fingerprint density at radius 2 is 1.60 bits per heavy atom. The monoisotopic (exact) mass is 557 g/mol. The summed E-state index contributed by atoms with van der Waals surface area (Å²) in [5.74, 6) is -0.661. The Kier molecular flexibility index (Phi) is 27.2. The van der Waals surface area contributed by atoms with Gasteiger partial charge < -0.3 is 9.30 Å². The molecule has 1 heterocycles. The average molecular weight is 558 g/mol. The lowest BCUT2D eigenvalue weighted by Crippen LogP contribution is -2.44. The second-order valence-corrected chi connectivity index (χ2v) is 8.31. The number of esters is 1. The number of carbonyl (C=O) groups excluding carboxylic acids is 2. The van der Waals surface area contributed by atoms with Crippen LogP contribution in [0.25, 0.3) is 0 Å². The van der Waals surface area contributed by atoms with Gasteiger partial charge in [-0.1, -0.05) is 97.6 Å². The summed E-state index contributed by atoms with van der Waals surface area (Å²) in [6, 6.07) is 0. The first kappa shape index (κ1) is 41.5. The number of nitrogens with zero attached hydrogens (tertiary/aromatic N) is 3. The number of ketones is 1. The van der Waals surface area contributed by atoms with Gasteiger partial charge in [-0.3, -0.25) is 14.5 Å². The number of hydrogen-bond donors (Lipinski definition) is 0. The Morgan fingerprint density at radius 3 is 2.08 bits per heavy atom. The normalized spacial score (nSPS) is 12.9. The van der Waals surface area contributed by atoms with Crippen LogP contribution in [0.5, 0.6) is 0 Å². The van der Waals surface area contributed by atoms with E-state index in [1.165, 1.54) is 5.57 Å². The Labute approximate surface area is 246 Å². The van der Waals surface area contributed by atoms with Crippen molar-refractivity contribution in [1.82, 2.24) is 14.5 Å². The van der Waals surface area contributed by atoms with E-state index in [4.69, 9.17) is 4.74 Å². The van der Waals surface area contributed by atoms with E-state index >= 15 is 0 Å². The molecule has 1 atom stereocenters. The molecule has 0 aromatic carbocycles. The predicted octanol–water partition coefficient (Wildman–Crippen LogP) is 8.52. The second kappa shape index (κ2) is 26.2. The van der Waals surface area contributed by atoms with E-state index in [0.29, 0.717) is 19.6 Å². The van der Waals surface area contributed by atoms with E-state index in [9.17, 15) is 9.59 Å². The van der Waals surface area contributed by atoms with Crippen molar-refractivity contribution in [2.24, 2.45) is 5.41 Å². The van der Waals surface area contributed by atoms with E-state index in [1.54, 1.807) is 19.9 Å². The van der Waals surface area contributed by atoms with Gasteiger partial charge in [-0.15, -0.1) is 0 Å². The Morgan fingerprint density at radius 1 is 1.02 bits per heavy atom. The molecule has 1 rings (SSSR count). The van der Waals surface area contributed by atoms with E-state index < -0.39 is 11.4 Å². The number of aromatic nitrogens is 2. The molecule has 228 valence electrons. The van der Waals surface area contributed by atoms with Crippen LogP contribution in [-0.2, 0) is 27.4 Å². The summed E-state index contributed by atoms with van der Waals surface area (Å²) in [6.07, 6.45) is 17.3. The minimum absolute atomic E-state index is 0.138. The van der Waals surface area contributed by atoms with E-state index in [2.05, 4.69) is 28.3 Å². The van der Waals surface area contributed by atoms with Crippen LogP contribution in [0.1, 0.15) is 95.2 Å². The zero-order valence-corrected chi connectivity index (χ0v) is 27.7. The van der Waals surface area contributed by atoms with Crippen molar-refractivity contribution >= 4 is 11.8 Å². The number of Topliss-reactive ketones (excluding diaryl/α,β-unsaturated/α-hetero) is 1. The highest BCUT2D eigenvalue weighted by Crippen LogP contribution is 2.30.